The van der Waals surface area contributed by atoms with Crippen molar-refractivity contribution in [3.63, 3.8) is 0 Å². The molecule has 6 nitrogen and oxygen atoms in total. The summed E-state index contributed by atoms with van der Waals surface area (Å²) in [6, 6.07) is 4.01. The summed E-state index contributed by atoms with van der Waals surface area (Å²) in [6.07, 6.45) is 1.41. The molecule has 19 heavy (non-hydrogen) atoms. The normalized spacial score (nSPS) is 11.6. The van der Waals surface area contributed by atoms with E-state index in [-0.39, 0.29) is 6.61 Å². The molecule has 1 aromatic carbocycles. The molecule has 0 fully saturated rings. The summed E-state index contributed by atoms with van der Waals surface area (Å²) >= 11 is 0. The molecule has 0 spiro atoms. The van der Waals surface area contributed by atoms with Gasteiger partial charge in [0.1, 0.15) is 24.5 Å². The van der Waals surface area contributed by atoms with Crippen molar-refractivity contribution < 1.29 is 14.3 Å². The highest BCUT2D eigenvalue weighted by Gasteiger charge is 2.10. The highest BCUT2D eigenvalue weighted by Crippen LogP contribution is 2.21. The monoisotopic (exact) mass is 264 g/mol. The molecular weight excluding hydrogens is 251 g/mol. The molecule has 0 aliphatic carbocycles. The summed E-state index contributed by atoms with van der Waals surface area (Å²) in [7, 11) is 1.73. The average Bonchev–Trinajstić information content (AvgIpc) is 2.81. The smallest absolute Gasteiger partial charge is 0.164 e. The van der Waals surface area contributed by atoms with Crippen LogP contribution in [0.4, 0.5) is 4.39 Å². The quantitative estimate of drug-likeness (QED) is 0.518. The molecule has 1 N–H and O–H groups in total. The molecule has 2 aromatic rings. The molecule has 7 heteroatoms. The molecule has 0 amide bonds. The Bertz CT molecular complexity index is 610. The largest absolute Gasteiger partial charge is 0.485 e. The van der Waals surface area contributed by atoms with Gasteiger partial charge in [0.2, 0.25) is 0 Å². The Morgan fingerprint density at radius 3 is 2.95 bits per heavy atom. The van der Waals surface area contributed by atoms with E-state index in [0.29, 0.717) is 22.8 Å². The zero-order valence-corrected chi connectivity index (χ0v) is 10.5. The van der Waals surface area contributed by atoms with Crippen molar-refractivity contribution in [2.75, 3.05) is 0 Å². The third kappa shape index (κ3) is 2.87. The van der Waals surface area contributed by atoms with Gasteiger partial charge in [-0.2, -0.15) is 5.10 Å². The van der Waals surface area contributed by atoms with Crippen molar-refractivity contribution in [3.05, 3.63) is 41.7 Å². The second-order valence-electron chi connectivity index (χ2n) is 3.91. The number of rotatable bonds is 4. The van der Waals surface area contributed by atoms with Gasteiger partial charge in [-0.3, -0.25) is 4.68 Å². The maximum atomic E-state index is 13.2. The highest BCUT2D eigenvalue weighted by atomic mass is 19.1. The molecule has 0 saturated carbocycles. The number of aryl methyl sites for hydroxylation is 1. The predicted molar refractivity (Wildman–Crippen MR) is 65.7 cm³/mol. The van der Waals surface area contributed by atoms with Crippen LogP contribution in [0.5, 0.6) is 5.75 Å². The summed E-state index contributed by atoms with van der Waals surface area (Å²) in [6.45, 7) is 1.74. The summed E-state index contributed by atoms with van der Waals surface area (Å²) < 4.78 is 20.3. The molecule has 0 unspecified atom stereocenters. The standard InChI is InChI=1S/C12H13FN4O2/c1-8(16-18)10-4-3-9(13)5-11(10)19-6-12-14-7-15-17(12)2/h3-5,7,18H,6H2,1-2H3. The van der Waals surface area contributed by atoms with Gasteiger partial charge in [0.25, 0.3) is 0 Å². The molecule has 0 bridgehead atoms. The Balaban J connectivity index is 2.24. The summed E-state index contributed by atoms with van der Waals surface area (Å²) in [4.78, 5) is 4.00. The second kappa shape index (κ2) is 5.47. The highest BCUT2D eigenvalue weighted by molar-refractivity contribution is 6.00. The van der Waals surface area contributed by atoms with Gasteiger partial charge in [-0.1, -0.05) is 5.16 Å². The molecule has 0 radical (unpaired) electrons. The third-order valence-electron chi connectivity index (χ3n) is 2.65. The van der Waals surface area contributed by atoms with E-state index in [0.717, 1.165) is 0 Å². The lowest BCUT2D eigenvalue weighted by Crippen LogP contribution is -2.07. The topological polar surface area (TPSA) is 72.5 Å². The number of hydrogen-bond donors (Lipinski definition) is 1. The zero-order chi connectivity index (χ0) is 13.8. The maximum Gasteiger partial charge on any atom is 0.164 e. The van der Waals surface area contributed by atoms with Crippen LogP contribution in [0.25, 0.3) is 0 Å². The first-order chi connectivity index (χ1) is 9.11. The first kappa shape index (κ1) is 13.0. The molecule has 0 atom stereocenters. The molecule has 1 heterocycles. The number of benzene rings is 1. The Morgan fingerprint density at radius 1 is 1.53 bits per heavy atom. The van der Waals surface area contributed by atoms with Crippen LogP contribution >= 0.6 is 0 Å². The van der Waals surface area contributed by atoms with Crippen molar-refractivity contribution in [1.29, 1.82) is 0 Å². The van der Waals surface area contributed by atoms with Crippen molar-refractivity contribution in [3.8, 4) is 5.75 Å². The fourth-order valence-electron chi connectivity index (χ4n) is 1.56. The number of ether oxygens (including phenoxy) is 1. The third-order valence-corrected chi connectivity index (χ3v) is 2.65. The van der Waals surface area contributed by atoms with E-state index < -0.39 is 5.82 Å². The Hall–Kier alpha value is -2.44. The minimum Gasteiger partial charge on any atom is -0.485 e. The molecule has 2 rings (SSSR count). The minimum atomic E-state index is -0.428. The molecule has 0 aliphatic rings. The maximum absolute atomic E-state index is 13.2. The van der Waals surface area contributed by atoms with Crippen LogP contribution in [0.15, 0.2) is 29.7 Å². The van der Waals surface area contributed by atoms with Crippen molar-refractivity contribution in [2.45, 2.75) is 13.5 Å². The van der Waals surface area contributed by atoms with Crippen LogP contribution in [0.3, 0.4) is 0 Å². The zero-order valence-electron chi connectivity index (χ0n) is 10.5. The first-order valence-electron chi connectivity index (χ1n) is 5.56. The van der Waals surface area contributed by atoms with Crippen LogP contribution < -0.4 is 4.74 Å². The van der Waals surface area contributed by atoms with Gasteiger partial charge in [-0.25, -0.2) is 9.37 Å². The molecule has 1 aromatic heterocycles. The van der Waals surface area contributed by atoms with E-state index in [2.05, 4.69) is 15.2 Å². The van der Waals surface area contributed by atoms with E-state index in [9.17, 15) is 4.39 Å². The van der Waals surface area contributed by atoms with Crippen LogP contribution in [0.1, 0.15) is 18.3 Å². The Labute approximate surface area is 109 Å². The lowest BCUT2D eigenvalue weighted by atomic mass is 10.1. The number of hydrogen-bond acceptors (Lipinski definition) is 5. The van der Waals surface area contributed by atoms with E-state index in [4.69, 9.17) is 9.94 Å². The minimum absolute atomic E-state index is 0.145. The molecule has 100 valence electrons. The van der Waals surface area contributed by atoms with Crippen LogP contribution in [0.2, 0.25) is 0 Å². The van der Waals surface area contributed by atoms with Crippen molar-refractivity contribution in [2.24, 2.45) is 12.2 Å². The Morgan fingerprint density at radius 2 is 2.32 bits per heavy atom. The number of oxime groups is 1. The van der Waals surface area contributed by atoms with E-state index in [1.54, 1.807) is 18.7 Å². The Kier molecular flexibility index (Phi) is 3.74. The average molecular weight is 264 g/mol. The fraction of sp³-hybridized carbons (Fsp3) is 0.250. The van der Waals surface area contributed by atoms with Gasteiger partial charge in [-0.15, -0.1) is 0 Å². The van der Waals surface area contributed by atoms with E-state index in [1.807, 2.05) is 0 Å². The van der Waals surface area contributed by atoms with Crippen LogP contribution in [0, 0.1) is 5.82 Å². The van der Waals surface area contributed by atoms with Gasteiger partial charge >= 0.3 is 0 Å². The SMILES string of the molecule is CC(=NO)c1ccc(F)cc1OCc1ncnn1C. The van der Waals surface area contributed by atoms with Gasteiger partial charge in [0.15, 0.2) is 5.82 Å². The van der Waals surface area contributed by atoms with Gasteiger partial charge in [0.05, 0.1) is 5.71 Å². The number of aromatic nitrogens is 3. The summed E-state index contributed by atoms with van der Waals surface area (Å²) in [5, 5.41) is 15.8. The lowest BCUT2D eigenvalue weighted by molar-refractivity contribution is 0.287. The second-order valence-corrected chi connectivity index (χ2v) is 3.91. The summed E-state index contributed by atoms with van der Waals surface area (Å²) in [5.41, 5.74) is 0.860. The molecular formula is C12H13FN4O2. The van der Waals surface area contributed by atoms with Crippen molar-refractivity contribution in [1.82, 2.24) is 14.8 Å². The lowest BCUT2D eigenvalue weighted by Gasteiger charge is -2.10. The molecule has 0 saturated heterocycles. The molecule has 0 aliphatic heterocycles. The summed E-state index contributed by atoms with van der Waals surface area (Å²) in [5.74, 6) is 0.467. The van der Waals surface area contributed by atoms with Crippen molar-refractivity contribution >= 4 is 5.71 Å². The van der Waals surface area contributed by atoms with E-state index in [1.165, 1.54) is 24.5 Å². The van der Waals surface area contributed by atoms with Gasteiger partial charge in [0, 0.05) is 18.7 Å². The van der Waals surface area contributed by atoms with Crippen LogP contribution in [-0.4, -0.2) is 25.7 Å². The number of halogens is 1. The predicted octanol–water partition coefficient (Wildman–Crippen LogP) is 1.73. The van der Waals surface area contributed by atoms with Gasteiger partial charge in [-0.05, 0) is 19.1 Å². The van der Waals surface area contributed by atoms with Crippen LogP contribution in [-0.2, 0) is 13.7 Å². The fourth-order valence-corrected chi connectivity index (χ4v) is 1.56. The van der Waals surface area contributed by atoms with Gasteiger partial charge < -0.3 is 9.94 Å². The number of nitrogens with zero attached hydrogens (tertiary/aromatic N) is 4. The van der Waals surface area contributed by atoms with E-state index >= 15 is 0 Å². The first-order valence-corrected chi connectivity index (χ1v) is 5.56.